The van der Waals surface area contributed by atoms with E-state index in [0.717, 1.165) is 5.56 Å². The zero-order valence-electron chi connectivity index (χ0n) is 11.7. The first-order valence-corrected chi connectivity index (χ1v) is 6.37. The lowest BCUT2D eigenvalue weighted by Crippen LogP contribution is -2.31. The second-order valence-electron chi connectivity index (χ2n) is 4.43. The highest BCUT2D eigenvalue weighted by atomic mass is 35.5. The highest BCUT2D eigenvalue weighted by molar-refractivity contribution is 5.91. The molecular formula is C15H19ClN2O3. The lowest BCUT2D eigenvalue weighted by molar-refractivity contribution is 0.0914. The number of nitrogens with two attached hydrogens (primary N) is 1. The molecule has 0 saturated heterocycles. The van der Waals surface area contributed by atoms with E-state index in [1.807, 2.05) is 30.3 Å². The molecule has 0 saturated carbocycles. The number of hydrogen-bond acceptors (Lipinski definition) is 4. The minimum absolute atomic E-state index is 0. The van der Waals surface area contributed by atoms with Crippen LogP contribution in [-0.2, 0) is 11.3 Å². The molecule has 0 radical (unpaired) electrons. The number of rotatable bonds is 6. The Labute approximate surface area is 129 Å². The van der Waals surface area contributed by atoms with Crippen molar-refractivity contribution >= 4 is 18.3 Å². The lowest BCUT2D eigenvalue weighted by atomic mass is 10.1. The van der Waals surface area contributed by atoms with Crippen molar-refractivity contribution in [2.45, 2.75) is 12.6 Å². The van der Waals surface area contributed by atoms with Crippen molar-refractivity contribution in [2.24, 2.45) is 5.73 Å². The molecule has 1 amide bonds. The minimum Gasteiger partial charge on any atom is -0.453 e. The molecule has 3 N–H and O–H groups in total. The standard InChI is InChI=1S/C15H18N2O3.ClH/c1-19-10-12-7-8-14(20-12)15(18)17-9-13(16)11-5-3-2-4-6-11;/h2-8,13H,9-10,16H2,1H3,(H,17,18);1H. The Hall–Kier alpha value is -1.82. The first-order chi connectivity index (χ1) is 9.70. The average molecular weight is 311 g/mol. The summed E-state index contributed by atoms with van der Waals surface area (Å²) in [6.45, 7) is 0.694. The maximum absolute atomic E-state index is 11.9. The number of carbonyl (C=O) groups excluding carboxylic acids is 1. The second-order valence-corrected chi connectivity index (χ2v) is 4.43. The molecule has 2 aromatic rings. The third kappa shape index (κ3) is 4.90. The maximum atomic E-state index is 11.9. The highest BCUT2D eigenvalue weighted by Gasteiger charge is 2.13. The molecule has 21 heavy (non-hydrogen) atoms. The Morgan fingerprint density at radius 1 is 1.29 bits per heavy atom. The quantitative estimate of drug-likeness (QED) is 0.858. The predicted octanol–water partition coefficient (Wildman–Crippen LogP) is 2.28. The summed E-state index contributed by atoms with van der Waals surface area (Å²) in [7, 11) is 1.57. The van der Waals surface area contributed by atoms with Gasteiger partial charge in [-0.1, -0.05) is 30.3 Å². The normalized spacial score (nSPS) is 11.5. The number of benzene rings is 1. The van der Waals surface area contributed by atoms with E-state index in [2.05, 4.69) is 5.32 Å². The van der Waals surface area contributed by atoms with Crippen LogP contribution in [0.1, 0.15) is 27.9 Å². The SMILES string of the molecule is COCc1ccc(C(=O)NCC(N)c2ccccc2)o1.Cl. The molecule has 6 heteroatoms. The fourth-order valence-electron chi connectivity index (χ4n) is 1.83. The van der Waals surface area contributed by atoms with Crippen LogP contribution in [0.5, 0.6) is 0 Å². The molecule has 2 rings (SSSR count). The summed E-state index contributed by atoms with van der Waals surface area (Å²) >= 11 is 0. The van der Waals surface area contributed by atoms with Gasteiger partial charge in [-0.3, -0.25) is 4.79 Å². The number of furan rings is 1. The van der Waals surface area contributed by atoms with Gasteiger partial charge in [-0.15, -0.1) is 12.4 Å². The van der Waals surface area contributed by atoms with Gasteiger partial charge >= 0.3 is 0 Å². The first kappa shape index (κ1) is 17.2. The average Bonchev–Trinajstić information content (AvgIpc) is 2.94. The van der Waals surface area contributed by atoms with Crippen LogP contribution in [0.2, 0.25) is 0 Å². The van der Waals surface area contributed by atoms with Gasteiger partial charge in [0.25, 0.3) is 5.91 Å². The predicted molar refractivity (Wildman–Crippen MR) is 82.4 cm³/mol. The summed E-state index contributed by atoms with van der Waals surface area (Å²) in [5.74, 6) is 0.598. The number of halogens is 1. The van der Waals surface area contributed by atoms with Crippen LogP contribution in [-0.4, -0.2) is 19.6 Å². The van der Waals surface area contributed by atoms with Gasteiger partial charge in [0.1, 0.15) is 12.4 Å². The van der Waals surface area contributed by atoms with Crippen LogP contribution < -0.4 is 11.1 Å². The first-order valence-electron chi connectivity index (χ1n) is 6.37. The molecule has 1 aromatic heterocycles. The molecule has 1 aromatic carbocycles. The fraction of sp³-hybridized carbons (Fsp3) is 0.267. The molecule has 5 nitrogen and oxygen atoms in total. The molecule has 1 unspecified atom stereocenters. The van der Waals surface area contributed by atoms with Crippen LogP contribution in [0.4, 0.5) is 0 Å². The van der Waals surface area contributed by atoms with E-state index in [0.29, 0.717) is 18.9 Å². The largest absolute Gasteiger partial charge is 0.453 e. The Bertz CT molecular complexity index is 557. The monoisotopic (exact) mass is 310 g/mol. The van der Waals surface area contributed by atoms with E-state index < -0.39 is 0 Å². The Morgan fingerprint density at radius 2 is 2.00 bits per heavy atom. The van der Waals surface area contributed by atoms with E-state index in [9.17, 15) is 4.79 Å². The summed E-state index contributed by atoms with van der Waals surface area (Å²) in [5, 5.41) is 2.75. The van der Waals surface area contributed by atoms with Crippen LogP contribution >= 0.6 is 12.4 Å². The summed E-state index contributed by atoms with van der Waals surface area (Å²) in [6, 6.07) is 12.7. The number of amides is 1. The van der Waals surface area contributed by atoms with E-state index in [4.69, 9.17) is 14.9 Å². The molecule has 0 aliphatic carbocycles. The number of nitrogens with one attached hydrogen (secondary N) is 1. The van der Waals surface area contributed by atoms with E-state index in [-0.39, 0.29) is 30.1 Å². The van der Waals surface area contributed by atoms with Gasteiger partial charge in [-0.2, -0.15) is 0 Å². The molecule has 1 atom stereocenters. The third-order valence-electron chi connectivity index (χ3n) is 2.88. The number of ether oxygens (including phenoxy) is 1. The van der Waals surface area contributed by atoms with Crippen molar-refractivity contribution in [1.29, 1.82) is 0 Å². The van der Waals surface area contributed by atoms with E-state index >= 15 is 0 Å². The molecule has 1 heterocycles. The fourth-order valence-corrected chi connectivity index (χ4v) is 1.83. The van der Waals surface area contributed by atoms with Gasteiger partial charge in [-0.25, -0.2) is 0 Å². The Morgan fingerprint density at radius 3 is 2.67 bits per heavy atom. The van der Waals surface area contributed by atoms with Crippen molar-refractivity contribution in [1.82, 2.24) is 5.32 Å². The van der Waals surface area contributed by atoms with Gasteiger partial charge in [0.15, 0.2) is 5.76 Å². The zero-order chi connectivity index (χ0) is 14.4. The van der Waals surface area contributed by atoms with Gasteiger partial charge in [0.05, 0.1) is 0 Å². The third-order valence-corrected chi connectivity index (χ3v) is 2.88. The van der Waals surface area contributed by atoms with E-state index in [1.54, 1.807) is 19.2 Å². The zero-order valence-corrected chi connectivity index (χ0v) is 12.6. The van der Waals surface area contributed by atoms with Gasteiger partial charge in [0.2, 0.25) is 0 Å². The summed E-state index contributed by atoms with van der Waals surface area (Å²) in [5.41, 5.74) is 6.99. The molecule has 0 aliphatic rings. The molecule has 0 aliphatic heterocycles. The van der Waals surface area contributed by atoms with E-state index in [1.165, 1.54) is 0 Å². The molecule has 0 spiro atoms. The van der Waals surface area contributed by atoms with Crippen molar-refractivity contribution in [3.8, 4) is 0 Å². The minimum atomic E-state index is -0.279. The summed E-state index contributed by atoms with van der Waals surface area (Å²) in [4.78, 5) is 11.9. The van der Waals surface area contributed by atoms with Gasteiger partial charge in [-0.05, 0) is 17.7 Å². The number of methoxy groups -OCH3 is 1. The van der Waals surface area contributed by atoms with Crippen molar-refractivity contribution < 1.29 is 13.9 Å². The second kappa shape index (κ2) is 8.46. The topological polar surface area (TPSA) is 77.5 Å². The van der Waals surface area contributed by atoms with Crippen molar-refractivity contribution in [3.05, 3.63) is 59.5 Å². The summed E-state index contributed by atoms with van der Waals surface area (Å²) < 4.78 is 10.3. The van der Waals surface area contributed by atoms with Crippen LogP contribution in [0.15, 0.2) is 46.9 Å². The van der Waals surface area contributed by atoms with Gasteiger partial charge in [0, 0.05) is 19.7 Å². The Balaban J connectivity index is 0.00000220. The Kier molecular flexibility index (Phi) is 6.94. The molecule has 114 valence electrons. The number of hydrogen-bond donors (Lipinski definition) is 2. The molecule has 0 bridgehead atoms. The maximum Gasteiger partial charge on any atom is 0.287 e. The van der Waals surface area contributed by atoms with Crippen LogP contribution in [0.25, 0.3) is 0 Å². The van der Waals surface area contributed by atoms with Crippen molar-refractivity contribution in [3.63, 3.8) is 0 Å². The molecule has 0 fully saturated rings. The summed E-state index contributed by atoms with van der Waals surface area (Å²) in [6.07, 6.45) is 0. The van der Waals surface area contributed by atoms with Crippen LogP contribution in [0, 0.1) is 0 Å². The number of carbonyl (C=O) groups is 1. The smallest absolute Gasteiger partial charge is 0.287 e. The highest BCUT2D eigenvalue weighted by Crippen LogP contribution is 2.10. The van der Waals surface area contributed by atoms with Gasteiger partial charge < -0.3 is 20.2 Å². The van der Waals surface area contributed by atoms with Crippen LogP contribution in [0.3, 0.4) is 0 Å². The lowest BCUT2D eigenvalue weighted by Gasteiger charge is -2.12. The van der Waals surface area contributed by atoms with Crippen molar-refractivity contribution in [2.75, 3.05) is 13.7 Å². The molecular weight excluding hydrogens is 292 g/mol.